The number of carboxylic acids is 2. The van der Waals surface area contributed by atoms with Crippen molar-refractivity contribution in [1.29, 1.82) is 0 Å². The van der Waals surface area contributed by atoms with Gasteiger partial charge in [-0.2, -0.15) is 12.6 Å². The highest BCUT2D eigenvalue weighted by Gasteiger charge is 2.29. The molecule has 1 atom stereocenters. The van der Waals surface area contributed by atoms with E-state index >= 15 is 0 Å². The predicted octanol–water partition coefficient (Wildman–Crippen LogP) is 3.48. The minimum Gasteiger partial charge on any atom is -0.493 e. The van der Waals surface area contributed by atoms with E-state index in [1.807, 2.05) is 36.4 Å². The molecule has 0 aliphatic rings. The molecule has 2 aromatic carbocycles. The van der Waals surface area contributed by atoms with Gasteiger partial charge < -0.3 is 19.7 Å². The molecule has 2 aromatic rings. The third-order valence-corrected chi connectivity index (χ3v) is 4.51. The Kier molecular flexibility index (Phi) is 7.34. The average molecular weight is 404 g/mol. The fourth-order valence-corrected chi connectivity index (χ4v) is 2.59. The van der Waals surface area contributed by atoms with Crippen molar-refractivity contribution in [2.24, 2.45) is 0 Å². The molecule has 0 aliphatic carbocycles. The number of thiol groups is 1. The first-order valence-electron chi connectivity index (χ1n) is 8.81. The van der Waals surface area contributed by atoms with Crippen molar-refractivity contribution in [3.8, 4) is 11.5 Å². The molecule has 0 radical (unpaired) electrons. The van der Waals surface area contributed by atoms with Crippen LogP contribution in [-0.2, 0) is 22.4 Å². The normalized spacial score (nSPS) is 12.2. The van der Waals surface area contributed by atoms with Crippen molar-refractivity contribution in [2.45, 2.75) is 37.5 Å². The molecule has 0 fully saturated rings. The van der Waals surface area contributed by atoms with Gasteiger partial charge in [0.25, 0.3) is 0 Å². The minimum atomic E-state index is -1.28. The van der Waals surface area contributed by atoms with Crippen LogP contribution in [-0.4, -0.2) is 39.6 Å². The maximum absolute atomic E-state index is 11.1. The lowest BCUT2D eigenvalue weighted by atomic mass is 10.1. The summed E-state index contributed by atoms with van der Waals surface area (Å²) in [6.07, 6.45) is 1.04. The van der Waals surface area contributed by atoms with Gasteiger partial charge in [-0.25, -0.2) is 4.79 Å². The van der Waals surface area contributed by atoms with Crippen LogP contribution in [0.5, 0.6) is 11.5 Å². The van der Waals surface area contributed by atoms with Crippen LogP contribution < -0.4 is 9.47 Å². The van der Waals surface area contributed by atoms with Gasteiger partial charge in [-0.15, -0.1) is 0 Å². The Morgan fingerprint density at radius 2 is 1.50 bits per heavy atom. The third kappa shape index (κ3) is 6.49. The third-order valence-electron chi connectivity index (χ3n) is 4.11. The van der Waals surface area contributed by atoms with Crippen LogP contribution in [0, 0.1) is 0 Å². The molecular weight excluding hydrogens is 380 g/mol. The van der Waals surface area contributed by atoms with Gasteiger partial charge in [0, 0.05) is 6.42 Å². The van der Waals surface area contributed by atoms with E-state index in [1.165, 1.54) is 13.8 Å². The molecule has 0 heterocycles. The maximum Gasteiger partial charge on any atom is 0.347 e. The molecule has 2 N–H and O–H groups in total. The molecule has 28 heavy (non-hydrogen) atoms. The van der Waals surface area contributed by atoms with E-state index in [9.17, 15) is 9.59 Å². The van der Waals surface area contributed by atoms with Gasteiger partial charge in [-0.1, -0.05) is 24.3 Å². The summed E-state index contributed by atoms with van der Waals surface area (Å²) in [6, 6.07) is 14.5. The van der Waals surface area contributed by atoms with Crippen LogP contribution in [0.15, 0.2) is 48.5 Å². The lowest BCUT2D eigenvalue weighted by Gasteiger charge is -2.21. The monoisotopic (exact) mass is 404 g/mol. The molecule has 0 spiro atoms. The number of hydrogen-bond acceptors (Lipinski definition) is 5. The van der Waals surface area contributed by atoms with Crippen molar-refractivity contribution in [1.82, 2.24) is 0 Å². The standard InChI is InChI=1S/C21H24O6S/c1-21(2,20(24)25)27-17-9-3-14(4-10-17)11-12-26-16-7-5-15(6-8-16)13-18(28)19(22)23/h3-10,18,28H,11-13H2,1-2H3,(H,22,23)(H,24,25). The van der Waals surface area contributed by atoms with E-state index in [0.717, 1.165) is 11.1 Å². The molecule has 0 saturated carbocycles. The number of aliphatic carboxylic acids is 2. The van der Waals surface area contributed by atoms with Gasteiger partial charge in [0.05, 0.1) is 6.61 Å². The first kappa shape index (κ1) is 21.6. The highest BCUT2D eigenvalue weighted by molar-refractivity contribution is 7.81. The van der Waals surface area contributed by atoms with Gasteiger partial charge in [0.15, 0.2) is 5.60 Å². The zero-order valence-corrected chi connectivity index (χ0v) is 16.7. The zero-order valence-electron chi connectivity index (χ0n) is 15.8. The lowest BCUT2D eigenvalue weighted by Crippen LogP contribution is -2.37. The van der Waals surface area contributed by atoms with Crippen molar-refractivity contribution >= 4 is 24.6 Å². The Labute approximate surface area is 169 Å². The molecule has 0 bridgehead atoms. The first-order chi connectivity index (χ1) is 13.2. The van der Waals surface area contributed by atoms with Crippen LogP contribution in [0.2, 0.25) is 0 Å². The summed E-state index contributed by atoms with van der Waals surface area (Å²) < 4.78 is 11.2. The Morgan fingerprint density at radius 1 is 0.964 bits per heavy atom. The highest BCUT2D eigenvalue weighted by Crippen LogP contribution is 2.20. The van der Waals surface area contributed by atoms with E-state index in [4.69, 9.17) is 19.7 Å². The maximum atomic E-state index is 11.1. The second kappa shape index (κ2) is 9.50. The fourth-order valence-electron chi connectivity index (χ4n) is 2.38. The number of rotatable bonds is 10. The second-order valence-corrected chi connectivity index (χ2v) is 7.49. The fraction of sp³-hybridized carbons (Fsp3) is 0.333. The van der Waals surface area contributed by atoms with Gasteiger partial charge in [-0.05, 0) is 55.7 Å². The number of carboxylic acid groups (broad SMARTS) is 2. The summed E-state index contributed by atoms with van der Waals surface area (Å²) in [6.45, 7) is 3.48. The highest BCUT2D eigenvalue weighted by atomic mass is 32.1. The van der Waals surface area contributed by atoms with Crippen LogP contribution >= 0.6 is 12.6 Å². The summed E-state index contributed by atoms with van der Waals surface area (Å²) in [7, 11) is 0. The van der Waals surface area contributed by atoms with Crippen molar-refractivity contribution in [2.75, 3.05) is 6.61 Å². The summed E-state index contributed by atoms with van der Waals surface area (Å²) in [5.41, 5.74) is 0.639. The SMILES string of the molecule is CC(C)(Oc1ccc(CCOc2ccc(CC(S)C(=O)O)cc2)cc1)C(=O)O. The van der Waals surface area contributed by atoms with E-state index < -0.39 is 22.8 Å². The molecule has 150 valence electrons. The number of hydrogen-bond donors (Lipinski definition) is 3. The van der Waals surface area contributed by atoms with Gasteiger partial charge in [0.2, 0.25) is 0 Å². The Hall–Kier alpha value is -2.67. The second-order valence-electron chi connectivity index (χ2n) is 6.86. The van der Waals surface area contributed by atoms with E-state index in [2.05, 4.69) is 12.6 Å². The molecular formula is C21H24O6S. The topological polar surface area (TPSA) is 93.1 Å². The van der Waals surface area contributed by atoms with E-state index in [0.29, 0.717) is 30.9 Å². The smallest absolute Gasteiger partial charge is 0.347 e. The summed E-state index contributed by atoms with van der Waals surface area (Å²) in [5, 5.41) is 17.3. The van der Waals surface area contributed by atoms with Crippen molar-refractivity contribution in [3.63, 3.8) is 0 Å². The minimum absolute atomic E-state index is 0.353. The molecule has 0 amide bonds. The largest absolute Gasteiger partial charge is 0.493 e. The van der Waals surface area contributed by atoms with E-state index in [1.54, 1.807) is 12.1 Å². The summed E-state index contributed by atoms with van der Waals surface area (Å²) in [5.74, 6) is -0.759. The van der Waals surface area contributed by atoms with Crippen LogP contribution in [0.1, 0.15) is 25.0 Å². The molecule has 7 heteroatoms. The summed E-state index contributed by atoms with van der Waals surface area (Å²) >= 11 is 4.03. The zero-order chi connectivity index (χ0) is 20.7. The molecule has 0 aromatic heterocycles. The Bertz CT molecular complexity index is 799. The first-order valence-corrected chi connectivity index (χ1v) is 9.33. The number of ether oxygens (including phenoxy) is 2. The van der Waals surface area contributed by atoms with Gasteiger partial charge >= 0.3 is 11.9 Å². The molecule has 2 rings (SSSR count). The average Bonchev–Trinajstić information content (AvgIpc) is 2.64. The van der Waals surface area contributed by atoms with Gasteiger partial charge in [-0.3, -0.25) is 4.79 Å². The molecule has 0 aliphatic heterocycles. The Balaban J connectivity index is 1.81. The number of carbonyl (C=O) groups is 2. The predicted molar refractivity (Wildman–Crippen MR) is 109 cm³/mol. The quantitative estimate of drug-likeness (QED) is 0.525. The number of benzene rings is 2. The lowest BCUT2D eigenvalue weighted by molar-refractivity contribution is -0.152. The molecule has 0 saturated heterocycles. The van der Waals surface area contributed by atoms with Crippen LogP contribution in [0.3, 0.4) is 0 Å². The summed E-state index contributed by atoms with van der Waals surface area (Å²) in [4.78, 5) is 21.9. The molecule has 1 unspecified atom stereocenters. The van der Waals surface area contributed by atoms with Crippen molar-refractivity contribution < 1.29 is 29.3 Å². The Morgan fingerprint density at radius 3 is 2.04 bits per heavy atom. The van der Waals surface area contributed by atoms with E-state index in [-0.39, 0.29) is 0 Å². The van der Waals surface area contributed by atoms with Crippen molar-refractivity contribution in [3.05, 3.63) is 59.7 Å². The van der Waals surface area contributed by atoms with Gasteiger partial charge in [0.1, 0.15) is 16.7 Å². The van der Waals surface area contributed by atoms with Crippen LogP contribution in [0.4, 0.5) is 0 Å². The molecule has 6 nitrogen and oxygen atoms in total. The van der Waals surface area contributed by atoms with Crippen LogP contribution in [0.25, 0.3) is 0 Å².